The van der Waals surface area contributed by atoms with Crippen LogP contribution in [0.5, 0.6) is 0 Å². The van der Waals surface area contributed by atoms with Gasteiger partial charge in [-0.05, 0) is 30.7 Å². The first kappa shape index (κ1) is 17.2. The standard InChI is InChI=1S/C17H21N5O3S/c23-17(14-1-3-15(4-2-14)22-13-18-12-19-22)21-8-6-20(7-9-21)16-5-10-26(24,25)11-16/h1-4,12-13,16H,5-11H2. The molecule has 2 aliphatic heterocycles. The van der Waals surface area contributed by atoms with E-state index in [2.05, 4.69) is 15.0 Å². The summed E-state index contributed by atoms with van der Waals surface area (Å²) in [5, 5.41) is 4.07. The van der Waals surface area contributed by atoms with E-state index in [-0.39, 0.29) is 23.5 Å². The number of piperazine rings is 1. The van der Waals surface area contributed by atoms with Crippen LogP contribution >= 0.6 is 0 Å². The SMILES string of the molecule is O=C(c1ccc(-n2cncn2)cc1)N1CCN(C2CCS(=O)(=O)C2)CC1. The number of nitrogens with zero attached hydrogens (tertiary/aromatic N) is 5. The van der Waals surface area contributed by atoms with Crippen LogP contribution in [0.25, 0.3) is 5.69 Å². The van der Waals surface area contributed by atoms with Crippen molar-refractivity contribution in [1.82, 2.24) is 24.6 Å². The van der Waals surface area contributed by atoms with Gasteiger partial charge in [-0.3, -0.25) is 9.69 Å². The van der Waals surface area contributed by atoms with Gasteiger partial charge in [0.2, 0.25) is 0 Å². The third kappa shape index (κ3) is 3.49. The molecule has 1 aromatic carbocycles. The quantitative estimate of drug-likeness (QED) is 0.762. The fourth-order valence-corrected chi connectivity index (χ4v) is 5.40. The van der Waals surface area contributed by atoms with Crippen molar-refractivity contribution in [3.63, 3.8) is 0 Å². The normalized spacial score (nSPS) is 23.2. The number of sulfone groups is 1. The van der Waals surface area contributed by atoms with E-state index in [1.807, 2.05) is 17.0 Å². The average Bonchev–Trinajstić information content (AvgIpc) is 3.31. The van der Waals surface area contributed by atoms with Crippen LogP contribution < -0.4 is 0 Å². The Morgan fingerprint density at radius 2 is 1.81 bits per heavy atom. The zero-order valence-electron chi connectivity index (χ0n) is 14.4. The Labute approximate surface area is 152 Å². The second-order valence-corrected chi connectivity index (χ2v) is 9.00. The number of rotatable bonds is 3. The lowest BCUT2D eigenvalue weighted by atomic mass is 10.1. The molecule has 8 nitrogen and oxygen atoms in total. The number of hydrogen-bond acceptors (Lipinski definition) is 6. The highest BCUT2D eigenvalue weighted by Crippen LogP contribution is 2.20. The molecule has 0 bridgehead atoms. The summed E-state index contributed by atoms with van der Waals surface area (Å²) in [4.78, 5) is 20.7. The molecule has 1 aromatic heterocycles. The van der Waals surface area contributed by atoms with Gasteiger partial charge in [-0.15, -0.1) is 0 Å². The molecule has 1 amide bonds. The predicted molar refractivity (Wildman–Crippen MR) is 95.9 cm³/mol. The maximum absolute atomic E-state index is 12.7. The summed E-state index contributed by atoms with van der Waals surface area (Å²) < 4.78 is 24.9. The Hall–Kier alpha value is -2.26. The van der Waals surface area contributed by atoms with Crippen molar-refractivity contribution >= 4 is 15.7 Å². The molecule has 0 aliphatic carbocycles. The van der Waals surface area contributed by atoms with E-state index in [1.165, 1.54) is 6.33 Å². The average molecular weight is 375 g/mol. The molecule has 2 saturated heterocycles. The molecule has 0 spiro atoms. The van der Waals surface area contributed by atoms with Crippen molar-refractivity contribution in [2.75, 3.05) is 37.7 Å². The molecule has 4 rings (SSSR count). The largest absolute Gasteiger partial charge is 0.336 e. The summed E-state index contributed by atoms with van der Waals surface area (Å²) in [6.45, 7) is 2.70. The van der Waals surface area contributed by atoms with Crippen LogP contribution in [0.2, 0.25) is 0 Å². The first-order valence-electron chi connectivity index (χ1n) is 8.71. The smallest absolute Gasteiger partial charge is 0.253 e. The highest BCUT2D eigenvalue weighted by molar-refractivity contribution is 7.91. The Morgan fingerprint density at radius 3 is 2.38 bits per heavy atom. The van der Waals surface area contributed by atoms with Crippen LogP contribution in [0.4, 0.5) is 0 Å². The molecule has 138 valence electrons. The summed E-state index contributed by atoms with van der Waals surface area (Å²) in [7, 11) is -2.87. The van der Waals surface area contributed by atoms with E-state index >= 15 is 0 Å². The second kappa shape index (κ2) is 6.81. The molecule has 26 heavy (non-hydrogen) atoms. The van der Waals surface area contributed by atoms with E-state index in [0.29, 0.717) is 25.1 Å². The molecule has 0 N–H and O–H groups in total. The first-order valence-corrected chi connectivity index (χ1v) is 10.5. The molecule has 0 radical (unpaired) electrons. The maximum Gasteiger partial charge on any atom is 0.253 e. The molecule has 9 heteroatoms. The lowest BCUT2D eigenvalue weighted by molar-refractivity contribution is 0.0588. The molecule has 2 fully saturated rings. The van der Waals surface area contributed by atoms with Gasteiger partial charge in [0.1, 0.15) is 12.7 Å². The van der Waals surface area contributed by atoms with Crippen LogP contribution in [0.3, 0.4) is 0 Å². The van der Waals surface area contributed by atoms with Crippen molar-refractivity contribution in [2.24, 2.45) is 0 Å². The molecular weight excluding hydrogens is 354 g/mol. The number of carbonyl (C=O) groups excluding carboxylic acids is 1. The second-order valence-electron chi connectivity index (χ2n) is 6.77. The molecule has 2 aromatic rings. The maximum atomic E-state index is 12.7. The molecule has 0 saturated carbocycles. The van der Waals surface area contributed by atoms with Crippen LogP contribution in [-0.4, -0.2) is 82.6 Å². The van der Waals surface area contributed by atoms with Gasteiger partial charge >= 0.3 is 0 Å². The first-order chi connectivity index (χ1) is 12.5. The van der Waals surface area contributed by atoms with E-state index in [0.717, 1.165) is 18.8 Å². The molecular formula is C17H21N5O3S. The number of benzene rings is 1. The topological polar surface area (TPSA) is 88.4 Å². The van der Waals surface area contributed by atoms with E-state index in [1.54, 1.807) is 23.1 Å². The molecule has 1 unspecified atom stereocenters. The van der Waals surface area contributed by atoms with Gasteiger partial charge in [0, 0.05) is 37.8 Å². The van der Waals surface area contributed by atoms with Crippen LogP contribution in [-0.2, 0) is 9.84 Å². The van der Waals surface area contributed by atoms with Crippen molar-refractivity contribution in [3.05, 3.63) is 42.5 Å². The van der Waals surface area contributed by atoms with E-state index < -0.39 is 9.84 Å². The zero-order chi connectivity index (χ0) is 18.1. The van der Waals surface area contributed by atoms with E-state index in [9.17, 15) is 13.2 Å². The monoisotopic (exact) mass is 375 g/mol. The van der Waals surface area contributed by atoms with Gasteiger partial charge in [0.05, 0.1) is 17.2 Å². The Bertz CT molecular complexity index is 872. The zero-order valence-corrected chi connectivity index (χ0v) is 15.2. The lowest BCUT2D eigenvalue weighted by Gasteiger charge is -2.37. The number of carbonyl (C=O) groups is 1. The van der Waals surface area contributed by atoms with Crippen molar-refractivity contribution < 1.29 is 13.2 Å². The van der Waals surface area contributed by atoms with E-state index in [4.69, 9.17) is 0 Å². The molecule has 3 heterocycles. The fraction of sp³-hybridized carbons (Fsp3) is 0.471. The summed E-state index contributed by atoms with van der Waals surface area (Å²) in [5.74, 6) is 0.549. The number of aromatic nitrogens is 3. The van der Waals surface area contributed by atoms with Crippen molar-refractivity contribution in [2.45, 2.75) is 12.5 Å². The highest BCUT2D eigenvalue weighted by atomic mass is 32.2. The molecule has 1 atom stereocenters. The Balaban J connectivity index is 1.36. The third-order valence-corrected chi connectivity index (χ3v) is 6.87. The fourth-order valence-electron chi connectivity index (χ4n) is 3.63. The van der Waals surface area contributed by atoms with Crippen molar-refractivity contribution in [1.29, 1.82) is 0 Å². The summed E-state index contributed by atoms with van der Waals surface area (Å²) >= 11 is 0. The number of hydrogen-bond donors (Lipinski definition) is 0. The van der Waals surface area contributed by atoms with Gasteiger partial charge in [-0.2, -0.15) is 5.10 Å². The summed E-state index contributed by atoms with van der Waals surface area (Å²) in [6, 6.07) is 7.41. The van der Waals surface area contributed by atoms with Gasteiger partial charge in [0.25, 0.3) is 5.91 Å². The highest BCUT2D eigenvalue weighted by Gasteiger charge is 2.34. The van der Waals surface area contributed by atoms with Crippen LogP contribution in [0.15, 0.2) is 36.9 Å². The van der Waals surface area contributed by atoms with Gasteiger partial charge in [0.15, 0.2) is 9.84 Å². The minimum Gasteiger partial charge on any atom is -0.336 e. The van der Waals surface area contributed by atoms with Crippen LogP contribution in [0.1, 0.15) is 16.8 Å². The summed E-state index contributed by atoms with van der Waals surface area (Å²) in [6.07, 6.45) is 3.79. The number of amides is 1. The summed E-state index contributed by atoms with van der Waals surface area (Å²) in [5.41, 5.74) is 1.50. The van der Waals surface area contributed by atoms with Crippen molar-refractivity contribution in [3.8, 4) is 5.69 Å². The van der Waals surface area contributed by atoms with Gasteiger partial charge in [-0.25, -0.2) is 18.1 Å². The minimum absolute atomic E-state index is 0.00818. The minimum atomic E-state index is -2.87. The third-order valence-electron chi connectivity index (χ3n) is 5.12. The lowest BCUT2D eigenvalue weighted by Crippen LogP contribution is -2.52. The Morgan fingerprint density at radius 1 is 1.08 bits per heavy atom. The molecule has 2 aliphatic rings. The Kier molecular flexibility index (Phi) is 4.49. The predicted octanol–water partition coefficient (Wildman–Crippen LogP) is 0.212. The van der Waals surface area contributed by atoms with Crippen LogP contribution in [0, 0.1) is 0 Å². The van der Waals surface area contributed by atoms with Gasteiger partial charge in [-0.1, -0.05) is 0 Å². The van der Waals surface area contributed by atoms with Gasteiger partial charge < -0.3 is 4.90 Å².